The lowest BCUT2D eigenvalue weighted by atomic mass is 9.90. The van der Waals surface area contributed by atoms with Crippen LogP contribution in [0.3, 0.4) is 0 Å². The number of rotatable bonds is 5. The Labute approximate surface area is 136 Å². The number of benzene rings is 1. The predicted molar refractivity (Wildman–Crippen MR) is 93.5 cm³/mol. The van der Waals surface area contributed by atoms with E-state index in [4.69, 9.17) is 5.73 Å². The summed E-state index contributed by atoms with van der Waals surface area (Å²) < 4.78 is 1.14. The number of carbonyl (C=O) groups excluding carboxylic acids is 1. The summed E-state index contributed by atoms with van der Waals surface area (Å²) in [5.74, 6) is 0.458. The van der Waals surface area contributed by atoms with Crippen molar-refractivity contribution in [1.29, 1.82) is 0 Å². The molecule has 0 aliphatic carbocycles. The highest BCUT2D eigenvalue weighted by Gasteiger charge is 2.27. The van der Waals surface area contributed by atoms with Gasteiger partial charge in [0.25, 0.3) is 5.91 Å². The second-order valence-electron chi connectivity index (χ2n) is 5.96. The molecule has 0 spiro atoms. The average molecular weight is 327 g/mol. The highest BCUT2D eigenvalue weighted by molar-refractivity contribution is 7.17. The summed E-state index contributed by atoms with van der Waals surface area (Å²) in [4.78, 5) is 12.5. The van der Waals surface area contributed by atoms with E-state index in [1.54, 1.807) is 11.3 Å². The normalized spacial score (nSPS) is 13.8. The van der Waals surface area contributed by atoms with E-state index in [2.05, 4.69) is 19.2 Å². The van der Waals surface area contributed by atoms with Crippen LogP contribution in [0.25, 0.3) is 10.1 Å². The minimum atomic E-state index is -0.353. The Bertz CT molecular complexity index is 611. The summed E-state index contributed by atoms with van der Waals surface area (Å²) in [7, 11) is 0. The predicted octanol–water partition coefficient (Wildman–Crippen LogP) is 3.82. The van der Waals surface area contributed by atoms with E-state index in [0.717, 1.165) is 22.1 Å². The molecule has 0 fully saturated rings. The van der Waals surface area contributed by atoms with Gasteiger partial charge in [0.2, 0.25) is 0 Å². The van der Waals surface area contributed by atoms with Crippen molar-refractivity contribution in [2.24, 2.45) is 11.7 Å². The number of hydrogen-bond acceptors (Lipinski definition) is 3. The Morgan fingerprint density at radius 2 is 2.05 bits per heavy atom. The average Bonchev–Trinajstić information content (AvgIpc) is 2.81. The van der Waals surface area contributed by atoms with E-state index in [0.29, 0.717) is 12.5 Å². The molecule has 5 heteroatoms. The smallest absolute Gasteiger partial charge is 0.253 e. The van der Waals surface area contributed by atoms with Crippen LogP contribution in [0, 0.1) is 5.92 Å². The molecule has 0 aliphatic heterocycles. The van der Waals surface area contributed by atoms with Gasteiger partial charge in [-0.25, -0.2) is 0 Å². The SMILES string of the molecule is CC(C)CC(C)(CN)NC(=O)c1csc2ccccc12.Cl. The third-order valence-electron chi connectivity index (χ3n) is 3.45. The largest absolute Gasteiger partial charge is 0.346 e. The first-order chi connectivity index (χ1) is 9.45. The van der Waals surface area contributed by atoms with Crippen LogP contribution < -0.4 is 11.1 Å². The summed E-state index contributed by atoms with van der Waals surface area (Å²) >= 11 is 1.60. The van der Waals surface area contributed by atoms with E-state index in [-0.39, 0.29) is 23.9 Å². The fourth-order valence-corrected chi connectivity index (χ4v) is 3.52. The number of hydrogen-bond donors (Lipinski definition) is 2. The van der Waals surface area contributed by atoms with Crippen molar-refractivity contribution in [2.75, 3.05) is 6.54 Å². The molecule has 1 heterocycles. The molecule has 1 amide bonds. The monoisotopic (exact) mass is 326 g/mol. The molecular formula is C16H23ClN2OS. The third kappa shape index (κ3) is 4.19. The van der Waals surface area contributed by atoms with Crippen molar-refractivity contribution in [3.8, 4) is 0 Å². The standard InChI is InChI=1S/C16H22N2OS.ClH/c1-11(2)8-16(3,10-17)18-15(19)13-9-20-14-7-5-4-6-12(13)14;/h4-7,9,11H,8,10,17H2,1-3H3,(H,18,19);1H. The minimum absolute atomic E-state index is 0. The Morgan fingerprint density at radius 1 is 1.38 bits per heavy atom. The summed E-state index contributed by atoms with van der Waals surface area (Å²) in [6.07, 6.45) is 0.872. The molecule has 1 atom stereocenters. The fourth-order valence-electron chi connectivity index (χ4n) is 2.58. The molecule has 1 aromatic heterocycles. The molecule has 0 aliphatic rings. The zero-order chi connectivity index (χ0) is 14.8. The quantitative estimate of drug-likeness (QED) is 0.877. The van der Waals surface area contributed by atoms with Gasteiger partial charge in [-0.1, -0.05) is 32.0 Å². The number of carbonyl (C=O) groups is 1. The summed E-state index contributed by atoms with van der Waals surface area (Å²) in [5, 5.41) is 6.05. The Morgan fingerprint density at radius 3 is 2.67 bits per heavy atom. The van der Waals surface area contributed by atoms with Crippen LogP contribution >= 0.6 is 23.7 Å². The topological polar surface area (TPSA) is 55.1 Å². The molecular weight excluding hydrogens is 304 g/mol. The maximum absolute atomic E-state index is 12.5. The number of fused-ring (bicyclic) bond motifs is 1. The molecule has 21 heavy (non-hydrogen) atoms. The van der Waals surface area contributed by atoms with Crippen LogP contribution in [0.4, 0.5) is 0 Å². The molecule has 1 aromatic carbocycles. The molecule has 116 valence electrons. The molecule has 2 aromatic rings. The van der Waals surface area contributed by atoms with Crippen LogP contribution in [0.2, 0.25) is 0 Å². The van der Waals surface area contributed by atoms with E-state index in [1.807, 2.05) is 36.6 Å². The van der Waals surface area contributed by atoms with Crippen LogP contribution in [0.5, 0.6) is 0 Å². The van der Waals surface area contributed by atoms with Crippen LogP contribution in [0.1, 0.15) is 37.6 Å². The van der Waals surface area contributed by atoms with Gasteiger partial charge in [0, 0.05) is 27.5 Å². The van der Waals surface area contributed by atoms with Crippen LogP contribution in [0.15, 0.2) is 29.6 Å². The summed E-state index contributed by atoms with van der Waals surface area (Å²) in [5.41, 5.74) is 6.25. The number of nitrogens with two attached hydrogens (primary N) is 1. The summed E-state index contributed by atoms with van der Waals surface area (Å²) in [6.45, 7) is 6.73. The van der Waals surface area contributed by atoms with E-state index in [9.17, 15) is 4.79 Å². The first-order valence-electron chi connectivity index (χ1n) is 6.94. The van der Waals surface area contributed by atoms with Gasteiger partial charge in [0.15, 0.2) is 0 Å². The maximum atomic E-state index is 12.5. The highest BCUT2D eigenvalue weighted by Crippen LogP contribution is 2.26. The lowest BCUT2D eigenvalue weighted by Crippen LogP contribution is -2.52. The second-order valence-corrected chi connectivity index (χ2v) is 6.87. The van der Waals surface area contributed by atoms with Gasteiger partial charge in [-0.2, -0.15) is 0 Å². The third-order valence-corrected chi connectivity index (χ3v) is 4.41. The Kier molecular flexibility index (Phi) is 6.20. The van der Waals surface area contributed by atoms with Gasteiger partial charge in [0.05, 0.1) is 5.56 Å². The van der Waals surface area contributed by atoms with Crippen molar-refractivity contribution in [1.82, 2.24) is 5.32 Å². The van der Waals surface area contributed by atoms with E-state index >= 15 is 0 Å². The zero-order valence-corrected chi connectivity index (χ0v) is 14.3. The molecule has 2 rings (SSSR count). The highest BCUT2D eigenvalue weighted by atomic mass is 35.5. The molecule has 0 saturated heterocycles. The van der Waals surface area contributed by atoms with Gasteiger partial charge in [-0.15, -0.1) is 23.7 Å². The van der Waals surface area contributed by atoms with Crippen LogP contribution in [-0.4, -0.2) is 18.0 Å². The van der Waals surface area contributed by atoms with E-state index < -0.39 is 0 Å². The molecule has 3 nitrogen and oxygen atoms in total. The fraction of sp³-hybridized carbons (Fsp3) is 0.438. The van der Waals surface area contributed by atoms with Crippen LogP contribution in [-0.2, 0) is 0 Å². The van der Waals surface area contributed by atoms with Gasteiger partial charge in [0.1, 0.15) is 0 Å². The van der Waals surface area contributed by atoms with Gasteiger partial charge in [-0.3, -0.25) is 4.79 Å². The van der Waals surface area contributed by atoms with Gasteiger partial charge >= 0.3 is 0 Å². The first kappa shape index (κ1) is 18.0. The molecule has 0 saturated carbocycles. The molecule has 0 radical (unpaired) electrons. The lowest BCUT2D eigenvalue weighted by molar-refractivity contribution is 0.0900. The second kappa shape index (κ2) is 7.25. The zero-order valence-electron chi connectivity index (χ0n) is 12.7. The van der Waals surface area contributed by atoms with Crippen molar-refractivity contribution in [2.45, 2.75) is 32.7 Å². The lowest BCUT2D eigenvalue weighted by Gasteiger charge is -2.31. The minimum Gasteiger partial charge on any atom is -0.346 e. The molecule has 3 N–H and O–H groups in total. The number of amides is 1. The Balaban J connectivity index is 0.00000220. The maximum Gasteiger partial charge on any atom is 0.253 e. The van der Waals surface area contributed by atoms with E-state index in [1.165, 1.54) is 0 Å². The number of nitrogens with one attached hydrogen (secondary N) is 1. The van der Waals surface area contributed by atoms with Crippen molar-refractivity contribution in [3.05, 3.63) is 35.2 Å². The Hall–Kier alpha value is -1.10. The first-order valence-corrected chi connectivity index (χ1v) is 7.82. The number of thiophene rings is 1. The van der Waals surface area contributed by atoms with Gasteiger partial charge in [-0.05, 0) is 25.3 Å². The number of halogens is 1. The summed E-state index contributed by atoms with van der Waals surface area (Å²) in [6, 6.07) is 7.97. The molecule has 0 bridgehead atoms. The van der Waals surface area contributed by atoms with Gasteiger partial charge < -0.3 is 11.1 Å². The van der Waals surface area contributed by atoms with Crippen molar-refractivity contribution in [3.63, 3.8) is 0 Å². The molecule has 1 unspecified atom stereocenters. The van der Waals surface area contributed by atoms with Crippen molar-refractivity contribution >= 4 is 39.7 Å². The van der Waals surface area contributed by atoms with Crippen molar-refractivity contribution < 1.29 is 4.79 Å².